The van der Waals surface area contributed by atoms with E-state index < -0.39 is 5.97 Å². The zero-order valence-electron chi connectivity index (χ0n) is 11.7. The first-order valence-electron chi connectivity index (χ1n) is 6.51. The first kappa shape index (κ1) is 14.0. The van der Waals surface area contributed by atoms with E-state index in [1.54, 1.807) is 6.07 Å². The fourth-order valence-electron chi connectivity index (χ4n) is 2.21. The number of aromatic carboxylic acids is 1. The second-order valence-electron chi connectivity index (χ2n) is 5.80. The lowest BCUT2D eigenvalue weighted by Crippen LogP contribution is -2.37. The van der Waals surface area contributed by atoms with Gasteiger partial charge in [0.1, 0.15) is 0 Å². The van der Waals surface area contributed by atoms with Crippen molar-refractivity contribution < 1.29 is 14.6 Å². The normalized spacial score (nSPS) is 17.6. The Balaban J connectivity index is 2.24. The zero-order chi connectivity index (χ0) is 14.0. The first-order valence-corrected chi connectivity index (χ1v) is 6.51. The van der Waals surface area contributed by atoms with Crippen LogP contribution in [-0.2, 0) is 16.8 Å². The fourth-order valence-corrected chi connectivity index (χ4v) is 2.21. The Bertz CT molecular complexity index is 456. The molecule has 1 aliphatic heterocycles. The Labute approximate surface area is 113 Å². The summed E-state index contributed by atoms with van der Waals surface area (Å²) in [6.07, 6.45) is 0. The van der Waals surface area contributed by atoms with Crippen molar-refractivity contribution in [2.45, 2.75) is 32.9 Å². The van der Waals surface area contributed by atoms with E-state index in [2.05, 4.69) is 10.00 Å². The van der Waals surface area contributed by atoms with Gasteiger partial charge in [0, 0.05) is 19.6 Å². The number of morpholine rings is 1. The summed E-state index contributed by atoms with van der Waals surface area (Å²) in [5.74, 6) is -0.980. The first-order chi connectivity index (χ1) is 8.88. The van der Waals surface area contributed by atoms with Crippen LogP contribution >= 0.6 is 0 Å². The third-order valence-electron chi connectivity index (χ3n) is 3.13. The van der Waals surface area contributed by atoms with Gasteiger partial charge < -0.3 is 9.84 Å². The van der Waals surface area contributed by atoms with Crippen LogP contribution in [0, 0.1) is 0 Å². The van der Waals surface area contributed by atoms with Crippen LogP contribution < -0.4 is 0 Å². The number of rotatable bonds is 3. The second kappa shape index (κ2) is 5.30. The molecular weight excluding hydrogens is 246 g/mol. The predicted molar refractivity (Wildman–Crippen MR) is 70.3 cm³/mol. The molecule has 1 N–H and O–H groups in total. The van der Waals surface area contributed by atoms with Gasteiger partial charge in [-0.15, -0.1) is 0 Å². The summed E-state index contributed by atoms with van der Waals surface area (Å²) in [5.41, 5.74) is 0.819. The highest BCUT2D eigenvalue weighted by molar-refractivity contribution is 5.85. The highest BCUT2D eigenvalue weighted by Crippen LogP contribution is 2.19. The maximum atomic E-state index is 11.1. The van der Waals surface area contributed by atoms with Gasteiger partial charge in [-0.25, -0.2) is 4.79 Å². The number of hydrogen-bond donors (Lipinski definition) is 1. The number of aromatic nitrogens is 2. The molecule has 0 unspecified atom stereocenters. The number of carbonyl (C=O) groups is 1. The van der Waals surface area contributed by atoms with Crippen LogP contribution in [0.5, 0.6) is 0 Å². The Kier molecular flexibility index (Phi) is 3.91. The van der Waals surface area contributed by atoms with Crippen LogP contribution in [0.15, 0.2) is 6.07 Å². The molecule has 2 rings (SSSR count). The molecule has 0 amide bonds. The van der Waals surface area contributed by atoms with E-state index in [4.69, 9.17) is 9.84 Å². The van der Waals surface area contributed by atoms with Gasteiger partial charge in [0.15, 0.2) is 5.69 Å². The van der Waals surface area contributed by atoms with Gasteiger partial charge in [-0.05, 0) is 26.8 Å². The molecule has 106 valence electrons. The molecule has 0 aromatic carbocycles. The summed E-state index contributed by atoms with van der Waals surface area (Å²) in [6, 6.07) is 1.67. The van der Waals surface area contributed by atoms with Crippen LogP contribution in [0.4, 0.5) is 0 Å². The number of carboxylic acids is 1. The number of ether oxygens (including phenoxy) is 1. The highest BCUT2D eigenvalue weighted by Gasteiger charge is 2.23. The minimum atomic E-state index is -0.980. The molecule has 6 heteroatoms. The number of nitrogens with zero attached hydrogens (tertiary/aromatic N) is 3. The van der Waals surface area contributed by atoms with Crippen molar-refractivity contribution in [3.8, 4) is 0 Å². The van der Waals surface area contributed by atoms with Crippen LogP contribution in [0.1, 0.15) is 37.0 Å². The van der Waals surface area contributed by atoms with Crippen molar-refractivity contribution in [1.82, 2.24) is 14.7 Å². The molecule has 1 fully saturated rings. The SMILES string of the molecule is CC(C)(C)n1nc(C(=O)O)cc1CN1CCOCC1. The zero-order valence-corrected chi connectivity index (χ0v) is 11.7. The second-order valence-corrected chi connectivity index (χ2v) is 5.80. The molecule has 0 radical (unpaired) electrons. The molecule has 0 aliphatic carbocycles. The van der Waals surface area contributed by atoms with E-state index in [1.165, 1.54) is 0 Å². The maximum Gasteiger partial charge on any atom is 0.356 e. The molecule has 0 bridgehead atoms. The molecule has 1 saturated heterocycles. The summed E-state index contributed by atoms with van der Waals surface area (Å²) < 4.78 is 7.13. The van der Waals surface area contributed by atoms with Crippen molar-refractivity contribution in [2.75, 3.05) is 26.3 Å². The molecule has 1 aliphatic rings. The van der Waals surface area contributed by atoms with Gasteiger partial charge in [-0.3, -0.25) is 9.58 Å². The average Bonchev–Trinajstić information content (AvgIpc) is 2.74. The van der Waals surface area contributed by atoms with E-state index in [0.29, 0.717) is 6.54 Å². The molecule has 0 atom stereocenters. The van der Waals surface area contributed by atoms with Crippen molar-refractivity contribution in [3.63, 3.8) is 0 Å². The standard InChI is InChI=1S/C13H21N3O3/c1-13(2,3)16-10(8-11(14-16)12(17)18)9-15-4-6-19-7-5-15/h8H,4-7,9H2,1-3H3,(H,17,18). The summed E-state index contributed by atoms with van der Waals surface area (Å²) in [7, 11) is 0. The lowest BCUT2D eigenvalue weighted by Gasteiger charge is -2.29. The number of hydrogen-bond acceptors (Lipinski definition) is 4. The molecule has 6 nitrogen and oxygen atoms in total. The lowest BCUT2D eigenvalue weighted by atomic mass is 10.1. The Morgan fingerprint density at radius 3 is 2.58 bits per heavy atom. The summed E-state index contributed by atoms with van der Waals surface area (Å²) in [4.78, 5) is 13.3. The lowest BCUT2D eigenvalue weighted by molar-refractivity contribution is 0.0324. The van der Waals surface area contributed by atoms with E-state index in [0.717, 1.165) is 32.0 Å². The van der Waals surface area contributed by atoms with Crippen LogP contribution in [0.3, 0.4) is 0 Å². The third-order valence-corrected chi connectivity index (χ3v) is 3.13. The van der Waals surface area contributed by atoms with Gasteiger partial charge in [0.05, 0.1) is 24.4 Å². The quantitative estimate of drug-likeness (QED) is 0.890. The van der Waals surface area contributed by atoms with E-state index in [9.17, 15) is 4.79 Å². The Morgan fingerprint density at radius 2 is 2.05 bits per heavy atom. The Morgan fingerprint density at radius 1 is 1.42 bits per heavy atom. The summed E-state index contributed by atoms with van der Waals surface area (Å²) >= 11 is 0. The molecule has 1 aromatic rings. The summed E-state index contributed by atoms with van der Waals surface area (Å²) in [5, 5.41) is 13.3. The van der Waals surface area contributed by atoms with E-state index in [1.807, 2.05) is 25.5 Å². The minimum absolute atomic E-state index is 0.109. The topological polar surface area (TPSA) is 67.6 Å². The number of carboxylic acid groups (broad SMARTS) is 1. The van der Waals surface area contributed by atoms with Gasteiger partial charge in [-0.1, -0.05) is 0 Å². The van der Waals surface area contributed by atoms with Crippen molar-refractivity contribution in [1.29, 1.82) is 0 Å². The molecule has 1 aromatic heterocycles. The summed E-state index contributed by atoms with van der Waals surface area (Å²) in [6.45, 7) is 9.98. The smallest absolute Gasteiger partial charge is 0.356 e. The fraction of sp³-hybridized carbons (Fsp3) is 0.692. The molecule has 19 heavy (non-hydrogen) atoms. The highest BCUT2D eigenvalue weighted by atomic mass is 16.5. The van der Waals surface area contributed by atoms with E-state index in [-0.39, 0.29) is 11.2 Å². The van der Waals surface area contributed by atoms with Crippen LogP contribution in [-0.4, -0.2) is 52.1 Å². The van der Waals surface area contributed by atoms with Crippen molar-refractivity contribution >= 4 is 5.97 Å². The van der Waals surface area contributed by atoms with Gasteiger partial charge >= 0.3 is 5.97 Å². The maximum absolute atomic E-state index is 11.1. The monoisotopic (exact) mass is 267 g/mol. The molecule has 0 spiro atoms. The third kappa shape index (κ3) is 3.33. The van der Waals surface area contributed by atoms with Crippen LogP contribution in [0.25, 0.3) is 0 Å². The van der Waals surface area contributed by atoms with E-state index >= 15 is 0 Å². The van der Waals surface area contributed by atoms with Gasteiger partial charge in [0.25, 0.3) is 0 Å². The van der Waals surface area contributed by atoms with Crippen molar-refractivity contribution in [2.24, 2.45) is 0 Å². The molecule has 2 heterocycles. The average molecular weight is 267 g/mol. The molecular formula is C13H21N3O3. The largest absolute Gasteiger partial charge is 0.476 e. The minimum Gasteiger partial charge on any atom is -0.476 e. The van der Waals surface area contributed by atoms with Crippen LogP contribution in [0.2, 0.25) is 0 Å². The Hall–Kier alpha value is -1.40. The molecule has 0 saturated carbocycles. The predicted octanol–water partition coefficient (Wildman–Crippen LogP) is 1.17. The van der Waals surface area contributed by atoms with Gasteiger partial charge in [-0.2, -0.15) is 5.10 Å². The van der Waals surface area contributed by atoms with Gasteiger partial charge in [0.2, 0.25) is 0 Å². The van der Waals surface area contributed by atoms with Crippen molar-refractivity contribution in [3.05, 3.63) is 17.5 Å².